The van der Waals surface area contributed by atoms with E-state index in [2.05, 4.69) is 5.32 Å². The maximum absolute atomic E-state index is 12.7. The molecule has 28 heavy (non-hydrogen) atoms. The molecule has 2 aromatic carbocycles. The molecule has 0 spiro atoms. The summed E-state index contributed by atoms with van der Waals surface area (Å²) in [5, 5.41) is 2.63. The summed E-state index contributed by atoms with van der Waals surface area (Å²) in [4.78, 5) is 26.2. The Labute approximate surface area is 161 Å². The molecule has 7 heteroatoms. The van der Waals surface area contributed by atoms with E-state index in [1.54, 1.807) is 4.90 Å². The molecule has 1 saturated carbocycles. The van der Waals surface area contributed by atoms with Crippen LogP contribution in [0.25, 0.3) is 0 Å². The Morgan fingerprint density at radius 3 is 2.18 bits per heavy atom. The van der Waals surface area contributed by atoms with Crippen molar-refractivity contribution in [2.24, 2.45) is 0 Å². The molecule has 0 bridgehead atoms. The van der Waals surface area contributed by atoms with Crippen molar-refractivity contribution in [2.75, 3.05) is 6.54 Å². The van der Waals surface area contributed by atoms with Gasteiger partial charge < -0.3 is 10.2 Å². The van der Waals surface area contributed by atoms with Gasteiger partial charge in [0.05, 0.1) is 18.5 Å². The van der Waals surface area contributed by atoms with Crippen molar-refractivity contribution in [3.8, 4) is 0 Å². The van der Waals surface area contributed by atoms with Crippen LogP contribution in [0.15, 0.2) is 54.6 Å². The van der Waals surface area contributed by atoms with Crippen molar-refractivity contribution >= 4 is 11.8 Å². The minimum Gasteiger partial charge on any atom is -0.347 e. The van der Waals surface area contributed by atoms with E-state index in [1.807, 2.05) is 30.3 Å². The molecule has 1 aliphatic rings. The number of hydrogen-bond acceptors (Lipinski definition) is 2. The summed E-state index contributed by atoms with van der Waals surface area (Å²) in [7, 11) is 0. The fraction of sp³-hybridized carbons (Fsp3) is 0.333. The van der Waals surface area contributed by atoms with Gasteiger partial charge in [-0.15, -0.1) is 0 Å². The van der Waals surface area contributed by atoms with Gasteiger partial charge in [-0.3, -0.25) is 9.59 Å². The van der Waals surface area contributed by atoms with E-state index < -0.39 is 11.7 Å². The SMILES string of the molecule is O=C(Cc1ccccc1)NCC(=O)N(Cc1ccc(C(F)(F)F)cc1)C1CC1. The average molecular weight is 390 g/mol. The third-order valence-electron chi connectivity index (χ3n) is 4.59. The second-order valence-corrected chi connectivity index (χ2v) is 6.89. The minimum atomic E-state index is -4.38. The fourth-order valence-electron chi connectivity index (χ4n) is 2.92. The van der Waals surface area contributed by atoms with Crippen LogP contribution in [0.2, 0.25) is 0 Å². The highest BCUT2D eigenvalue weighted by Gasteiger charge is 2.33. The van der Waals surface area contributed by atoms with E-state index in [0.717, 1.165) is 30.5 Å². The molecule has 3 rings (SSSR count). The first-order valence-electron chi connectivity index (χ1n) is 9.09. The Hall–Kier alpha value is -2.83. The van der Waals surface area contributed by atoms with Crippen molar-refractivity contribution in [3.05, 3.63) is 71.3 Å². The van der Waals surface area contributed by atoms with Gasteiger partial charge in [-0.05, 0) is 36.1 Å². The molecule has 4 nitrogen and oxygen atoms in total. The summed E-state index contributed by atoms with van der Waals surface area (Å²) in [6.45, 7) is 0.110. The molecule has 1 N–H and O–H groups in total. The van der Waals surface area contributed by atoms with E-state index in [4.69, 9.17) is 0 Å². The lowest BCUT2D eigenvalue weighted by Gasteiger charge is -2.23. The van der Waals surface area contributed by atoms with Crippen LogP contribution in [0, 0.1) is 0 Å². The van der Waals surface area contributed by atoms with Crippen molar-refractivity contribution in [3.63, 3.8) is 0 Å². The molecule has 1 fully saturated rings. The topological polar surface area (TPSA) is 49.4 Å². The number of rotatable bonds is 7. The van der Waals surface area contributed by atoms with Crippen LogP contribution >= 0.6 is 0 Å². The molecule has 148 valence electrons. The normalized spacial score (nSPS) is 13.8. The molecule has 2 amide bonds. The van der Waals surface area contributed by atoms with Gasteiger partial charge in [0.25, 0.3) is 0 Å². The first-order valence-corrected chi connectivity index (χ1v) is 9.09. The highest BCUT2D eigenvalue weighted by Crippen LogP contribution is 2.31. The first-order chi connectivity index (χ1) is 13.3. The van der Waals surface area contributed by atoms with Crippen LogP contribution in [0.5, 0.6) is 0 Å². The van der Waals surface area contributed by atoms with Gasteiger partial charge in [0, 0.05) is 12.6 Å². The van der Waals surface area contributed by atoms with E-state index in [1.165, 1.54) is 12.1 Å². The van der Waals surface area contributed by atoms with Gasteiger partial charge in [-0.2, -0.15) is 13.2 Å². The number of nitrogens with zero attached hydrogens (tertiary/aromatic N) is 1. The molecular weight excluding hydrogens is 369 g/mol. The number of halogens is 3. The predicted octanol–water partition coefficient (Wildman–Crippen LogP) is 3.56. The zero-order valence-electron chi connectivity index (χ0n) is 15.2. The predicted molar refractivity (Wildman–Crippen MR) is 98.2 cm³/mol. The summed E-state index contributed by atoms with van der Waals surface area (Å²) >= 11 is 0. The van der Waals surface area contributed by atoms with Crippen LogP contribution in [-0.2, 0) is 28.7 Å². The fourth-order valence-corrected chi connectivity index (χ4v) is 2.92. The summed E-state index contributed by atoms with van der Waals surface area (Å²) in [5.74, 6) is -0.478. The molecule has 0 radical (unpaired) electrons. The van der Waals surface area contributed by atoms with Crippen LogP contribution in [0.3, 0.4) is 0 Å². The van der Waals surface area contributed by atoms with E-state index >= 15 is 0 Å². The van der Waals surface area contributed by atoms with Gasteiger partial charge >= 0.3 is 6.18 Å². The largest absolute Gasteiger partial charge is 0.416 e. The maximum atomic E-state index is 12.7. The summed E-state index contributed by atoms with van der Waals surface area (Å²) in [6.07, 6.45) is -2.46. The number of hydrogen-bond donors (Lipinski definition) is 1. The Morgan fingerprint density at radius 2 is 1.61 bits per heavy atom. The lowest BCUT2D eigenvalue weighted by Crippen LogP contribution is -2.41. The van der Waals surface area contributed by atoms with Crippen LogP contribution < -0.4 is 5.32 Å². The lowest BCUT2D eigenvalue weighted by atomic mass is 10.1. The van der Waals surface area contributed by atoms with E-state index in [-0.39, 0.29) is 37.4 Å². The third-order valence-corrected chi connectivity index (χ3v) is 4.59. The molecule has 0 aromatic heterocycles. The molecule has 0 heterocycles. The Morgan fingerprint density at radius 1 is 0.964 bits per heavy atom. The lowest BCUT2D eigenvalue weighted by molar-refractivity contribution is -0.137. The summed E-state index contributed by atoms with van der Waals surface area (Å²) in [5.41, 5.74) is 0.772. The van der Waals surface area contributed by atoms with Crippen molar-refractivity contribution in [1.82, 2.24) is 10.2 Å². The monoisotopic (exact) mass is 390 g/mol. The maximum Gasteiger partial charge on any atom is 0.416 e. The molecule has 0 atom stereocenters. The number of alkyl halides is 3. The highest BCUT2D eigenvalue weighted by molar-refractivity contribution is 5.86. The van der Waals surface area contributed by atoms with Crippen molar-refractivity contribution in [2.45, 2.75) is 38.0 Å². The first kappa shape index (κ1) is 19.9. The number of carbonyl (C=O) groups is 2. The van der Waals surface area contributed by atoms with E-state index in [9.17, 15) is 22.8 Å². The highest BCUT2D eigenvalue weighted by atomic mass is 19.4. The van der Waals surface area contributed by atoms with Crippen molar-refractivity contribution < 1.29 is 22.8 Å². The smallest absolute Gasteiger partial charge is 0.347 e. The van der Waals surface area contributed by atoms with Gasteiger partial charge in [0.2, 0.25) is 11.8 Å². The number of benzene rings is 2. The van der Waals surface area contributed by atoms with Gasteiger partial charge in [0.1, 0.15) is 0 Å². The summed E-state index contributed by atoms with van der Waals surface area (Å²) in [6, 6.07) is 14.1. The Balaban J connectivity index is 1.55. The zero-order valence-corrected chi connectivity index (χ0v) is 15.2. The number of carbonyl (C=O) groups excluding carboxylic acids is 2. The minimum absolute atomic E-state index is 0.0841. The molecular formula is C21H21F3N2O2. The van der Waals surface area contributed by atoms with Gasteiger partial charge in [-0.1, -0.05) is 42.5 Å². The molecule has 1 aliphatic carbocycles. The van der Waals surface area contributed by atoms with Crippen LogP contribution in [-0.4, -0.2) is 29.3 Å². The second kappa shape index (κ2) is 8.46. The Bertz CT molecular complexity index is 816. The second-order valence-electron chi connectivity index (χ2n) is 6.89. The van der Waals surface area contributed by atoms with Gasteiger partial charge in [-0.25, -0.2) is 0 Å². The van der Waals surface area contributed by atoms with Crippen LogP contribution in [0.4, 0.5) is 13.2 Å². The molecule has 0 unspecified atom stereocenters. The number of nitrogens with one attached hydrogen (secondary N) is 1. The molecule has 0 aliphatic heterocycles. The van der Waals surface area contributed by atoms with Gasteiger partial charge in [0.15, 0.2) is 0 Å². The van der Waals surface area contributed by atoms with E-state index in [0.29, 0.717) is 5.56 Å². The standard InChI is InChI=1S/C21H21F3N2O2/c22-21(23,24)17-8-6-16(7-9-17)14-26(18-10-11-18)20(28)13-25-19(27)12-15-4-2-1-3-5-15/h1-9,18H,10-14H2,(H,25,27). The van der Waals surface area contributed by atoms with Crippen molar-refractivity contribution in [1.29, 1.82) is 0 Å². The quantitative estimate of drug-likeness (QED) is 0.786. The summed E-state index contributed by atoms with van der Waals surface area (Å²) < 4.78 is 38.0. The molecule has 0 saturated heterocycles. The Kier molecular flexibility index (Phi) is 6.02. The number of amides is 2. The zero-order chi connectivity index (χ0) is 20.1. The van der Waals surface area contributed by atoms with Crippen LogP contribution in [0.1, 0.15) is 29.5 Å². The molecule has 2 aromatic rings. The average Bonchev–Trinajstić information content (AvgIpc) is 3.50. The third kappa shape index (κ3) is 5.58.